The minimum Gasteiger partial charge on any atom is -0.399 e. The van der Waals surface area contributed by atoms with Crippen LogP contribution in [0, 0.1) is 11.2 Å². The molecule has 4 N–H and O–H groups in total. The summed E-state index contributed by atoms with van der Waals surface area (Å²) >= 11 is 1.39. The number of guanidine groups is 1. The Morgan fingerprint density at radius 3 is 3.21 bits per heavy atom. The molecule has 3 rings (SSSR count). The number of benzene rings is 1. The number of rotatable bonds is 1. The predicted molar refractivity (Wildman–Crippen MR) is 73.1 cm³/mol. The van der Waals surface area contributed by atoms with E-state index in [0.29, 0.717) is 24.3 Å². The molecule has 2 atom stereocenters. The van der Waals surface area contributed by atoms with Gasteiger partial charge in [0, 0.05) is 24.7 Å². The van der Waals surface area contributed by atoms with Gasteiger partial charge < -0.3 is 15.8 Å². The maximum absolute atomic E-state index is 14.2. The van der Waals surface area contributed by atoms with Crippen LogP contribution < -0.4 is 11.1 Å². The molecule has 2 saturated heterocycles. The maximum Gasteiger partial charge on any atom is 0.201 e. The van der Waals surface area contributed by atoms with Crippen molar-refractivity contribution < 1.29 is 9.13 Å². The zero-order valence-corrected chi connectivity index (χ0v) is 11.3. The number of anilines is 1. The topological polar surface area (TPSA) is 74.4 Å². The van der Waals surface area contributed by atoms with Gasteiger partial charge in [-0.3, -0.25) is 9.71 Å². The van der Waals surface area contributed by atoms with E-state index in [0.717, 1.165) is 0 Å². The van der Waals surface area contributed by atoms with Crippen LogP contribution in [0.25, 0.3) is 0 Å². The standard InChI is InChI=1S/C12H15FN4OS/c1-17-11(15)16-12(4-5-18-10(12)19-17)8-6-7(14)2-3-9(8)13/h2-3,6,10H,4-5,14H2,1H3,(H2,15,16). The highest BCUT2D eigenvalue weighted by Crippen LogP contribution is 2.46. The molecule has 102 valence electrons. The Morgan fingerprint density at radius 1 is 1.63 bits per heavy atom. The van der Waals surface area contributed by atoms with Gasteiger partial charge in [0.2, 0.25) is 5.96 Å². The molecule has 2 heterocycles. The lowest BCUT2D eigenvalue weighted by Gasteiger charge is -2.43. The third-order valence-corrected chi connectivity index (χ3v) is 4.78. The minimum atomic E-state index is -0.715. The highest BCUT2D eigenvalue weighted by Gasteiger charge is 2.52. The van der Waals surface area contributed by atoms with Crippen molar-refractivity contribution in [3.8, 4) is 0 Å². The Hall–Kier alpha value is -1.47. The SMILES string of the molecule is CN1SC2OCCC2(c2cc(N)ccc2F)NC1=N. The zero-order chi connectivity index (χ0) is 13.6. The third kappa shape index (κ3) is 1.84. The Bertz CT molecular complexity index is 540. The number of nitrogen functional groups attached to an aromatic ring is 1. The summed E-state index contributed by atoms with van der Waals surface area (Å²) in [6.07, 6.45) is 0.612. The molecule has 0 aliphatic carbocycles. The zero-order valence-electron chi connectivity index (χ0n) is 10.4. The quantitative estimate of drug-likeness (QED) is 0.537. The number of fused-ring (bicyclic) bond motifs is 1. The summed E-state index contributed by atoms with van der Waals surface area (Å²) in [5.74, 6) is -0.0799. The van der Waals surface area contributed by atoms with Crippen LogP contribution >= 0.6 is 11.9 Å². The van der Waals surface area contributed by atoms with Crippen molar-refractivity contribution in [2.45, 2.75) is 17.4 Å². The summed E-state index contributed by atoms with van der Waals surface area (Å²) in [7, 11) is 1.78. The van der Waals surface area contributed by atoms with Crippen molar-refractivity contribution >= 4 is 23.6 Å². The van der Waals surface area contributed by atoms with E-state index >= 15 is 0 Å². The number of nitrogens with one attached hydrogen (secondary N) is 2. The van der Waals surface area contributed by atoms with Crippen LogP contribution in [0.1, 0.15) is 12.0 Å². The Kier molecular flexibility index (Phi) is 2.83. The number of hydrogen-bond acceptors (Lipinski definition) is 4. The number of hydrogen-bond donors (Lipinski definition) is 3. The van der Waals surface area contributed by atoms with E-state index in [2.05, 4.69) is 5.32 Å². The maximum atomic E-state index is 14.2. The second-order valence-corrected chi connectivity index (χ2v) is 5.93. The monoisotopic (exact) mass is 282 g/mol. The van der Waals surface area contributed by atoms with E-state index in [1.165, 1.54) is 24.1 Å². The molecule has 0 amide bonds. The largest absolute Gasteiger partial charge is 0.399 e. The van der Waals surface area contributed by atoms with Crippen molar-refractivity contribution in [1.29, 1.82) is 5.41 Å². The van der Waals surface area contributed by atoms with Crippen molar-refractivity contribution in [2.75, 3.05) is 19.4 Å². The fourth-order valence-electron chi connectivity index (χ4n) is 2.53. The second-order valence-electron chi connectivity index (χ2n) is 4.74. The molecule has 0 bridgehead atoms. The molecule has 0 radical (unpaired) electrons. The second kappa shape index (κ2) is 4.28. The van der Waals surface area contributed by atoms with Crippen LogP contribution in [-0.4, -0.2) is 29.4 Å². The Morgan fingerprint density at radius 2 is 2.42 bits per heavy atom. The van der Waals surface area contributed by atoms with E-state index in [9.17, 15) is 4.39 Å². The molecular formula is C12H15FN4OS. The number of halogens is 1. The lowest BCUT2D eigenvalue weighted by atomic mass is 9.88. The number of nitrogens with two attached hydrogens (primary N) is 1. The Balaban J connectivity index is 2.09. The summed E-state index contributed by atoms with van der Waals surface area (Å²) < 4.78 is 21.5. The van der Waals surface area contributed by atoms with Crippen LogP contribution in [0.5, 0.6) is 0 Å². The van der Waals surface area contributed by atoms with E-state index in [4.69, 9.17) is 15.9 Å². The molecular weight excluding hydrogens is 267 g/mol. The predicted octanol–water partition coefficient (Wildman–Crippen LogP) is 1.47. The van der Waals surface area contributed by atoms with E-state index in [-0.39, 0.29) is 17.2 Å². The molecule has 19 heavy (non-hydrogen) atoms. The molecule has 0 aromatic heterocycles. The van der Waals surface area contributed by atoms with Gasteiger partial charge in [0.05, 0.1) is 6.61 Å². The lowest BCUT2D eigenvalue weighted by Crippen LogP contribution is -2.58. The van der Waals surface area contributed by atoms with Gasteiger partial charge in [-0.1, -0.05) is 0 Å². The number of nitrogens with zero attached hydrogens (tertiary/aromatic N) is 1. The van der Waals surface area contributed by atoms with Gasteiger partial charge >= 0.3 is 0 Å². The third-order valence-electron chi connectivity index (χ3n) is 3.55. The van der Waals surface area contributed by atoms with Gasteiger partial charge in [0.1, 0.15) is 16.8 Å². The first kappa shape index (κ1) is 12.6. The van der Waals surface area contributed by atoms with Crippen LogP contribution in [0.4, 0.5) is 10.1 Å². The fourth-order valence-corrected chi connectivity index (χ4v) is 3.61. The summed E-state index contributed by atoms with van der Waals surface area (Å²) in [6, 6.07) is 4.53. The summed E-state index contributed by atoms with van der Waals surface area (Å²) in [5, 5.41) is 11.0. The van der Waals surface area contributed by atoms with Gasteiger partial charge in [-0.15, -0.1) is 0 Å². The highest BCUT2D eigenvalue weighted by molar-refractivity contribution is 7.98. The first-order chi connectivity index (χ1) is 9.03. The normalized spacial score (nSPS) is 30.1. The molecule has 2 fully saturated rings. The van der Waals surface area contributed by atoms with Crippen molar-refractivity contribution in [2.24, 2.45) is 0 Å². The average molecular weight is 282 g/mol. The molecule has 1 aromatic rings. The van der Waals surface area contributed by atoms with Gasteiger partial charge in [-0.25, -0.2) is 4.39 Å². The summed E-state index contributed by atoms with van der Waals surface area (Å²) in [5.41, 5.74) is 5.77. The Labute approximate surface area is 114 Å². The highest BCUT2D eigenvalue weighted by atomic mass is 32.2. The smallest absolute Gasteiger partial charge is 0.201 e. The first-order valence-electron chi connectivity index (χ1n) is 5.97. The average Bonchev–Trinajstić information content (AvgIpc) is 2.76. The first-order valence-corrected chi connectivity index (χ1v) is 6.81. The molecule has 2 unspecified atom stereocenters. The molecule has 5 nitrogen and oxygen atoms in total. The molecule has 7 heteroatoms. The minimum absolute atomic E-state index is 0.244. The van der Waals surface area contributed by atoms with Crippen LogP contribution in [0.15, 0.2) is 18.2 Å². The van der Waals surface area contributed by atoms with Crippen LogP contribution in [0.2, 0.25) is 0 Å². The molecule has 2 aliphatic heterocycles. The van der Waals surface area contributed by atoms with E-state index in [1.54, 1.807) is 17.4 Å². The summed E-state index contributed by atoms with van der Waals surface area (Å²) in [4.78, 5) is 0. The van der Waals surface area contributed by atoms with Crippen LogP contribution in [0.3, 0.4) is 0 Å². The fraction of sp³-hybridized carbons (Fsp3) is 0.417. The van der Waals surface area contributed by atoms with Crippen molar-refractivity contribution in [3.05, 3.63) is 29.6 Å². The van der Waals surface area contributed by atoms with Gasteiger partial charge in [-0.2, -0.15) is 0 Å². The molecule has 2 aliphatic rings. The van der Waals surface area contributed by atoms with Gasteiger partial charge in [-0.05, 0) is 30.1 Å². The van der Waals surface area contributed by atoms with Crippen LogP contribution in [-0.2, 0) is 10.3 Å². The van der Waals surface area contributed by atoms with Crippen molar-refractivity contribution in [3.63, 3.8) is 0 Å². The molecule has 0 spiro atoms. The van der Waals surface area contributed by atoms with Gasteiger partial charge in [0.15, 0.2) is 0 Å². The molecule has 1 aromatic carbocycles. The molecule has 0 saturated carbocycles. The van der Waals surface area contributed by atoms with Gasteiger partial charge in [0.25, 0.3) is 0 Å². The lowest BCUT2D eigenvalue weighted by molar-refractivity contribution is 0.136. The van der Waals surface area contributed by atoms with Crippen molar-refractivity contribution in [1.82, 2.24) is 9.62 Å². The number of ether oxygens (including phenoxy) is 1. The van der Waals surface area contributed by atoms with E-state index in [1.807, 2.05) is 0 Å². The van der Waals surface area contributed by atoms with E-state index < -0.39 is 5.54 Å². The summed E-state index contributed by atoms with van der Waals surface area (Å²) in [6.45, 7) is 0.528.